The van der Waals surface area contributed by atoms with Crippen molar-refractivity contribution in [3.63, 3.8) is 0 Å². The number of hydrogen-bond donors (Lipinski definition) is 2. The summed E-state index contributed by atoms with van der Waals surface area (Å²) in [6.07, 6.45) is 2.21. The third-order valence-corrected chi connectivity index (χ3v) is 4.18. The first kappa shape index (κ1) is 15.6. The quantitative estimate of drug-likeness (QED) is 0.851. The molecular weight excluding hydrogens is 318 g/mol. The second-order valence-corrected chi connectivity index (χ2v) is 6.10. The second-order valence-electron chi connectivity index (χ2n) is 5.69. The molecule has 1 saturated carbocycles. The van der Waals surface area contributed by atoms with E-state index in [2.05, 4.69) is 10.2 Å². The minimum absolute atomic E-state index is 0.0996. The average Bonchev–Trinajstić information content (AvgIpc) is 3.20. The first-order chi connectivity index (χ1) is 11.0. The molecule has 0 atom stereocenters. The van der Waals surface area contributed by atoms with E-state index in [0.29, 0.717) is 24.0 Å². The van der Waals surface area contributed by atoms with Crippen molar-refractivity contribution in [1.82, 2.24) is 15.1 Å². The van der Waals surface area contributed by atoms with E-state index in [1.807, 2.05) is 18.2 Å². The molecule has 1 amide bonds. The summed E-state index contributed by atoms with van der Waals surface area (Å²) < 4.78 is 0. The first-order valence-electron chi connectivity index (χ1n) is 7.36. The number of benzene rings is 1. The molecule has 1 fully saturated rings. The molecule has 1 aliphatic rings. The molecule has 1 heterocycles. The Morgan fingerprint density at radius 1 is 1.35 bits per heavy atom. The average molecular weight is 334 g/mol. The standard InChI is InChI=1S/C16H16ClN3O3/c17-12-4-2-1-3-11(12)9-20(8-10-5-6-10)15(21)13-7-14(16(22)23)19-18-13/h1-4,7,10H,5-6,8-9H2,(H,18,19)(H,22,23). The van der Waals surface area contributed by atoms with Crippen LogP contribution in [0.25, 0.3) is 0 Å². The molecule has 0 radical (unpaired) electrons. The number of hydrogen-bond acceptors (Lipinski definition) is 3. The Labute approximate surface area is 138 Å². The molecule has 1 aromatic carbocycles. The maximum absolute atomic E-state index is 12.7. The van der Waals surface area contributed by atoms with Crippen molar-refractivity contribution >= 4 is 23.5 Å². The molecule has 1 aromatic heterocycles. The highest BCUT2D eigenvalue weighted by molar-refractivity contribution is 6.31. The zero-order valence-electron chi connectivity index (χ0n) is 12.3. The van der Waals surface area contributed by atoms with E-state index < -0.39 is 5.97 Å². The fraction of sp³-hybridized carbons (Fsp3) is 0.312. The second kappa shape index (κ2) is 6.42. The number of carboxylic acid groups (broad SMARTS) is 1. The third kappa shape index (κ3) is 3.71. The molecule has 2 aromatic rings. The maximum atomic E-state index is 12.7. The smallest absolute Gasteiger partial charge is 0.353 e. The highest BCUT2D eigenvalue weighted by atomic mass is 35.5. The van der Waals surface area contributed by atoms with Gasteiger partial charge in [0.05, 0.1) is 0 Å². The highest BCUT2D eigenvalue weighted by Gasteiger charge is 2.29. The van der Waals surface area contributed by atoms with Crippen LogP contribution in [0.3, 0.4) is 0 Å². The van der Waals surface area contributed by atoms with E-state index in [9.17, 15) is 9.59 Å². The van der Waals surface area contributed by atoms with Crippen LogP contribution in [0.1, 0.15) is 39.4 Å². The number of carbonyl (C=O) groups excluding carboxylic acids is 1. The summed E-state index contributed by atoms with van der Waals surface area (Å²) in [5.41, 5.74) is 0.865. The van der Waals surface area contributed by atoms with Crippen LogP contribution in [0.5, 0.6) is 0 Å². The van der Waals surface area contributed by atoms with Gasteiger partial charge in [0.1, 0.15) is 5.69 Å². The molecule has 0 spiro atoms. The minimum atomic E-state index is -1.14. The number of carbonyl (C=O) groups is 2. The van der Waals surface area contributed by atoms with Crippen LogP contribution in [0.15, 0.2) is 30.3 Å². The SMILES string of the molecule is O=C(O)c1cc(C(=O)N(Cc2ccccc2Cl)CC2CC2)n[nH]1. The molecule has 6 nitrogen and oxygen atoms in total. The van der Waals surface area contributed by atoms with Crippen molar-refractivity contribution < 1.29 is 14.7 Å². The van der Waals surface area contributed by atoms with Crippen LogP contribution in [-0.2, 0) is 6.54 Å². The molecule has 2 N–H and O–H groups in total. The van der Waals surface area contributed by atoms with Gasteiger partial charge in [-0.1, -0.05) is 29.8 Å². The fourth-order valence-electron chi connectivity index (χ4n) is 2.37. The lowest BCUT2D eigenvalue weighted by Gasteiger charge is -2.22. The van der Waals surface area contributed by atoms with Gasteiger partial charge in [-0.2, -0.15) is 5.10 Å². The van der Waals surface area contributed by atoms with Crippen molar-refractivity contribution in [2.45, 2.75) is 19.4 Å². The number of amides is 1. The van der Waals surface area contributed by atoms with Crippen LogP contribution in [0.4, 0.5) is 0 Å². The van der Waals surface area contributed by atoms with E-state index in [0.717, 1.165) is 18.4 Å². The van der Waals surface area contributed by atoms with Gasteiger partial charge in [-0.15, -0.1) is 0 Å². The zero-order valence-corrected chi connectivity index (χ0v) is 13.1. The summed E-state index contributed by atoms with van der Waals surface area (Å²) >= 11 is 6.18. The van der Waals surface area contributed by atoms with E-state index in [1.54, 1.807) is 11.0 Å². The van der Waals surface area contributed by atoms with E-state index in [1.165, 1.54) is 6.07 Å². The number of rotatable bonds is 6. The summed E-state index contributed by atoms with van der Waals surface area (Å²) in [6, 6.07) is 8.64. The summed E-state index contributed by atoms with van der Waals surface area (Å²) in [5, 5.41) is 15.7. The number of aromatic nitrogens is 2. The fourth-order valence-corrected chi connectivity index (χ4v) is 2.56. The number of aromatic amines is 1. The summed E-state index contributed by atoms with van der Waals surface area (Å²) in [6.45, 7) is 1.00. The van der Waals surface area contributed by atoms with Gasteiger partial charge in [0.25, 0.3) is 5.91 Å². The normalized spacial score (nSPS) is 13.8. The topological polar surface area (TPSA) is 86.3 Å². The number of aromatic carboxylic acids is 1. The van der Waals surface area contributed by atoms with Crippen LogP contribution < -0.4 is 0 Å². The lowest BCUT2D eigenvalue weighted by atomic mass is 10.2. The molecule has 23 heavy (non-hydrogen) atoms. The maximum Gasteiger partial charge on any atom is 0.353 e. The summed E-state index contributed by atoms with van der Waals surface area (Å²) in [7, 11) is 0. The van der Waals surface area contributed by atoms with Crippen LogP contribution in [-0.4, -0.2) is 38.6 Å². The monoisotopic (exact) mass is 333 g/mol. The molecule has 1 aliphatic carbocycles. The van der Waals surface area contributed by atoms with E-state index in [4.69, 9.17) is 16.7 Å². The van der Waals surface area contributed by atoms with Crippen molar-refractivity contribution in [2.75, 3.05) is 6.54 Å². The van der Waals surface area contributed by atoms with Crippen LogP contribution >= 0.6 is 11.6 Å². The van der Waals surface area contributed by atoms with Gasteiger partial charge in [-0.25, -0.2) is 4.79 Å². The number of nitrogens with one attached hydrogen (secondary N) is 1. The lowest BCUT2D eigenvalue weighted by Crippen LogP contribution is -2.32. The number of nitrogens with zero attached hydrogens (tertiary/aromatic N) is 2. The molecule has 120 valence electrons. The van der Waals surface area contributed by atoms with Crippen molar-refractivity contribution in [3.8, 4) is 0 Å². The molecular formula is C16H16ClN3O3. The molecule has 3 rings (SSSR count). The van der Waals surface area contributed by atoms with Crippen molar-refractivity contribution in [1.29, 1.82) is 0 Å². The lowest BCUT2D eigenvalue weighted by molar-refractivity contribution is 0.0689. The predicted octanol–water partition coefficient (Wildman–Crippen LogP) is 2.81. The van der Waals surface area contributed by atoms with Gasteiger partial charge in [0, 0.05) is 24.2 Å². The van der Waals surface area contributed by atoms with Crippen LogP contribution in [0.2, 0.25) is 5.02 Å². The Kier molecular flexibility index (Phi) is 4.34. The molecule has 0 unspecified atom stereocenters. The molecule has 0 saturated heterocycles. The predicted molar refractivity (Wildman–Crippen MR) is 84.5 cm³/mol. The van der Waals surface area contributed by atoms with Gasteiger partial charge in [-0.05, 0) is 30.4 Å². The van der Waals surface area contributed by atoms with Crippen molar-refractivity contribution in [3.05, 3.63) is 52.3 Å². The third-order valence-electron chi connectivity index (χ3n) is 3.81. The summed E-state index contributed by atoms with van der Waals surface area (Å²) in [5.74, 6) is -0.934. The molecule has 0 bridgehead atoms. The summed E-state index contributed by atoms with van der Waals surface area (Å²) in [4.78, 5) is 25.3. The first-order valence-corrected chi connectivity index (χ1v) is 7.74. The van der Waals surface area contributed by atoms with Gasteiger partial charge < -0.3 is 10.0 Å². The number of carboxylic acids is 1. The van der Waals surface area contributed by atoms with E-state index in [-0.39, 0.29) is 17.3 Å². The van der Waals surface area contributed by atoms with Crippen molar-refractivity contribution in [2.24, 2.45) is 5.92 Å². The Morgan fingerprint density at radius 2 is 2.09 bits per heavy atom. The molecule has 0 aliphatic heterocycles. The Balaban J connectivity index is 1.81. The Hall–Kier alpha value is -2.34. The van der Waals surface area contributed by atoms with Crippen LogP contribution in [0, 0.1) is 5.92 Å². The minimum Gasteiger partial charge on any atom is -0.477 e. The van der Waals surface area contributed by atoms with E-state index >= 15 is 0 Å². The van der Waals surface area contributed by atoms with Gasteiger partial charge in [0.15, 0.2) is 5.69 Å². The number of H-pyrrole nitrogens is 1. The molecule has 7 heteroatoms. The van der Waals surface area contributed by atoms with Gasteiger partial charge in [0.2, 0.25) is 0 Å². The van der Waals surface area contributed by atoms with Gasteiger partial charge >= 0.3 is 5.97 Å². The Morgan fingerprint density at radius 3 is 2.70 bits per heavy atom. The largest absolute Gasteiger partial charge is 0.477 e. The zero-order chi connectivity index (χ0) is 16.4. The Bertz CT molecular complexity index is 740. The van der Waals surface area contributed by atoms with Gasteiger partial charge in [-0.3, -0.25) is 9.89 Å². The highest BCUT2D eigenvalue weighted by Crippen LogP contribution is 2.31. The number of halogens is 1.